The van der Waals surface area contributed by atoms with Crippen molar-refractivity contribution < 1.29 is 18.9 Å². The van der Waals surface area contributed by atoms with Gasteiger partial charge < -0.3 is 9.16 Å². The molecule has 2 aromatic carbocycles. The second-order valence-electron chi connectivity index (χ2n) is 6.54. The van der Waals surface area contributed by atoms with Gasteiger partial charge in [0.1, 0.15) is 6.20 Å². The highest BCUT2D eigenvalue weighted by Crippen LogP contribution is 2.15. The Kier molecular flexibility index (Phi) is 6.61. The van der Waals surface area contributed by atoms with Crippen LogP contribution in [0.4, 0.5) is 5.69 Å². The van der Waals surface area contributed by atoms with Crippen molar-refractivity contribution in [2.45, 2.75) is 19.6 Å². The van der Waals surface area contributed by atoms with E-state index in [0.717, 1.165) is 0 Å². The molecular weight excluding hydrogens is 364 g/mol. The molecule has 0 aromatic heterocycles. The summed E-state index contributed by atoms with van der Waals surface area (Å²) in [5, 5.41) is 10.7. The minimum absolute atomic E-state index is 0.00207. The summed E-state index contributed by atoms with van der Waals surface area (Å²) in [6.45, 7) is 5.87. The summed E-state index contributed by atoms with van der Waals surface area (Å²) in [5.74, 6) is -0.521. The number of carbonyl (C=O) groups is 1. The molecule has 0 aliphatic rings. The maximum atomic E-state index is 12.2. The van der Waals surface area contributed by atoms with Crippen molar-refractivity contribution in [3.8, 4) is 0 Å². The lowest BCUT2D eigenvalue weighted by molar-refractivity contribution is -0.384. The Morgan fingerprint density at radius 2 is 1.70 bits per heavy atom. The SMILES string of the molecule is C[Si](C)(C)O/C(=C\N=Cc1ccc([N+](=O)[O-])cc1)OC(=O)c1ccccc1. The third-order valence-electron chi connectivity index (χ3n) is 3.12. The van der Waals surface area contributed by atoms with E-state index in [2.05, 4.69) is 4.99 Å². The van der Waals surface area contributed by atoms with Crippen LogP contribution in [0.3, 0.4) is 0 Å². The zero-order valence-electron chi connectivity index (χ0n) is 15.3. The number of rotatable bonds is 7. The van der Waals surface area contributed by atoms with Crippen LogP contribution in [-0.4, -0.2) is 25.4 Å². The van der Waals surface area contributed by atoms with Gasteiger partial charge in [0.2, 0.25) is 8.32 Å². The molecule has 2 aromatic rings. The molecule has 0 saturated carbocycles. The molecule has 7 nitrogen and oxygen atoms in total. The number of nitro groups is 1. The summed E-state index contributed by atoms with van der Waals surface area (Å²) in [7, 11) is -2.03. The Balaban J connectivity index is 2.14. The fraction of sp³-hybridized carbons (Fsp3) is 0.158. The quantitative estimate of drug-likeness (QED) is 0.175. The largest absolute Gasteiger partial charge is 0.518 e. The predicted octanol–water partition coefficient (Wildman–Crippen LogP) is 4.52. The van der Waals surface area contributed by atoms with Crippen molar-refractivity contribution in [3.05, 3.63) is 88.0 Å². The Morgan fingerprint density at radius 1 is 1.07 bits per heavy atom. The van der Waals surface area contributed by atoms with Crippen molar-refractivity contribution in [2.24, 2.45) is 4.99 Å². The third-order valence-corrected chi connectivity index (χ3v) is 3.93. The van der Waals surface area contributed by atoms with Crippen LogP contribution in [0.15, 0.2) is 71.7 Å². The molecule has 0 fully saturated rings. The predicted molar refractivity (Wildman–Crippen MR) is 105 cm³/mol. The van der Waals surface area contributed by atoms with E-state index in [9.17, 15) is 14.9 Å². The first-order chi connectivity index (χ1) is 12.7. The first kappa shape index (κ1) is 20.1. The van der Waals surface area contributed by atoms with Gasteiger partial charge in [0.05, 0.1) is 10.5 Å². The number of aliphatic imine (C=N–C) groups is 1. The number of non-ortho nitro benzene ring substituents is 1. The Labute approximate surface area is 158 Å². The number of hydrogen-bond donors (Lipinski definition) is 0. The average Bonchev–Trinajstić information content (AvgIpc) is 2.61. The van der Waals surface area contributed by atoms with Gasteiger partial charge in [0, 0.05) is 18.3 Å². The van der Waals surface area contributed by atoms with Crippen molar-refractivity contribution in [1.29, 1.82) is 0 Å². The van der Waals surface area contributed by atoms with Crippen LogP contribution in [0.25, 0.3) is 0 Å². The fourth-order valence-electron chi connectivity index (χ4n) is 1.97. The summed E-state index contributed by atoms with van der Waals surface area (Å²) in [6.07, 6.45) is 2.81. The summed E-state index contributed by atoms with van der Waals surface area (Å²) in [5.41, 5.74) is 1.07. The van der Waals surface area contributed by atoms with Gasteiger partial charge >= 0.3 is 5.97 Å². The Morgan fingerprint density at radius 3 is 2.26 bits per heavy atom. The molecule has 0 N–H and O–H groups in total. The molecule has 27 heavy (non-hydrogen) atoms. The van der Waals surface area contributed by atoms with Gasteiger partial charge in [0.25, 0.3) is 11.6 Å². The smallest absolute Gasteiger partial charge is 0.345 e. The number of nitrogens with zero attached hydrogens (tertiary/aromatic N) is 2. The van der Waals surface area contributed by atoms with E-state index in [1.54, 1.807) is 42.5 Å². The van der Waals surface area contributed by atoms with E-state index in [-0.39, 0.29) is 11.6 Å². The van der Waals surface area contributed by atoms with Crippen LogP contribution in [0.1, 0.15) is 15.9 Å². The zero-order chi connectivity index (χ0) is 19.9. The highest BCUT2D eigenvalue weighted by atomic mass is 28.4. The molecule has 0 aliphatic heterocycles. The van der Waals surface area contributed by atoms with E-state index >= 15 is 0 Å². The van der Waals surface area contributed by atoms with E-state index in [4.69, 9.17) is 9.16 Å². The van der Waals surface area contributed by atoms with Crippen LogP contribution in [0, 0.1) is 10.1 Å². The van der Waals surface area contributed by atoms with Gasteiger partial charge in [-0.2, -0.15) is 0 Å². The van der Waals surface area contributed by atoms with E-state index in [1.807, 2.05) is 19.6 Å². The normalized spacial score (nSPS) is 12.0. The van der Waals surface area contributed by atoms with Gasteiger partial charge in [0.15, 0.2) is 0 Å². The molecule has 0 bridgehead atoms. The van der Waals surface area contributed by atoms with Crippen LogP contribution in [0.2, 0.25) is 19.6 Å². The molecule has 0 radical (unpaired) electrons. The number of nitro benzene ring substituents is 1. The Bertz CT molecular complexity index is 856. The summed E-state index contributed by atoms with van der Waals surface area (Å²) >= 11 is 0. The maximum Gasteiger partial charge on any atom is 0.345 e. The third kappa shape index (κ3) is 6.87. The lowest BCUT2D eigenvalue weighted by atomic mass is 10.2. The highest BCUT2D eigenvalue weighted by molar-refractivity contribution is 6.70. The van der Waals surface area contributed by atoms with Gasteiger partial charge in [-0.1, -0.05) is 18.2 Å². The number of benzene rings is 2. The van der Waals surface area contributed by atoms with E-state index in [1.165, 1.54) is 24.5 Å². The molecule has 140 valence electrons. The topological polar surface area (TPSA) is 91.0 Å². The Hall–Kier alpha value is -3.26. The average molecular weight is 384 g/mol. The second kappa shape index (κ2) is 8.90. The first-order valence-corrected chi connectivity index (χ1v) is 11.6. The molecule has 0 unspecified atom stereocenters. The first-order valence-electron chi connectivity index (χ1n) is 8.19. The standard InChI is InChI=1S/C19H20N2O5Si/c1-27(2,3)26-18(25-19(22)16-7-5-4-6-8-16)14-20-13-15-9-11-17(12-10-15)21(23)24/h4-14H,1-3H3/b18-14-,20-13?. The summed E-state index contributed by atoms with van der Waals surface area (Å²) < 4.78 is 11.1. The van der Waals surface area contributed by atoms with Gasteiger partial charge in [-0.05, 0) is 49.5 Å². The molecular formula is C19H20N2O5Si. The minimum atomic E-state index is -2.03. The number of carbonyl (C=O) groups excluding carboxylic acids is 1. The van der Waals surface area contributed by atoms with Crippen LogP contribution < -0.4 is 0 Å². The molecule has 0 aliphatic carbocycles. The lowest BCUT2D eigenvalue weighted by Crippen LogP contribution is -2.26. The van der Waals surface area contributed by atoms with Crippen molar-refractivity contribution in [3.63, 3.8) is 0 Å². The molecule has 0 heterocycles. The highest BCUT2D eigenvalue weighted by Gasteiger charge is 2.21. The molecule has 0 amide bonds. The van der Waals surface area contributed by atoms with Crippen LogP contribution in [0.5, 0.6) is 0 Å². The van der Waals surface area contributed by atoms with Gasteiger partial charge in [-0.15, -0.1) is 0 Å². The number of hydrogen-bond acceptors (Lipinski definition) is 6. The van der Waals surface area contributed by atoms with Crippen molar-refractivity contribution in [1.82, 2.24) is 0 Å². The minimum Gasteiger partial charge on any atom is -0.518 e. The molecule has 0 saturated heterocycles. The molecule has 0 atom stereocenters. The summed E-state index contributed by atoms with van der Waals surface area (Å²) in [6, 6.07) is 14.5. The summed E-state index contributed by atoms with van der Waals surface area (Å²) in [4.78, 5) is 26.5. The lowest BCUT2D eigenvalue weighted by Gasteiger charge is -2.20. The zero-order valence-corrected chi connectivity index (χ0v) is 16.3. The van der Waals surface area contributed by atoms with Crippen LogP contribution in [-0.2, 0) is 9.16 Å². The number of esters is 1. The van der Waals surface area contributed by atoms with Crippen molar-refractivity contribution >= 4 is 26.2 Å². The molecule has 8 heteroatoms. The molecule has 2 rings (SSSR count). The van der Waals surface area contributed by atoms with Crippen molar-refractivity contribution in [2.75, 3.05) is 0 Å². The van der Waals surface area contributed by atoms with E-state index < -0.39 is 19.2 Å². The van der Waals surface area contributed by atoms with Crippen LogP contribution >= 0.6 is 0 Å². The van der Waals surface area contributed by atoms with Gasteiger partial charge in [-0.25, -0.2) is 4.79 Å². The fourth-order valence-corrected chi connectivity index (χ4v) is 2.66. The van der Waals surface area contributed by atoms with Gasteiger partial charge in [-0.3, -0.25) is 15.1 Å². The number of ether oxygens (including phenoxy) is 1. The van der Waals surface area contributed by atoms with E-state index in [0.29, 0.717) is 11.1 Å². The second-order valence-corrected chi connectivity index (χ2v) is 11.0. The molecule has 0 spiro atoms. The maximum absolute atomic E-state index is 12.2. The monoisotopic (exact) mass is 384 g/mol.